The number of nitrogens with zero attached hydrogens (tertiary/aromatic N) is 1. The Balaban J connectivity index is 1.84. The molecule has 0 radical (unpaired) electrons. The third-order valence-electron chi connectivity index (χ3n) is 4.62. The third-order valence-corrected chi connectivity index (χ3v) is 4.62. The van der Waals surface area contributed by atoms with Crippen LogP contribution in [-0.4, -0.2) is 43.2 Å². The van der Waals surface area contributed by atoms with Crippen molar-refractivity contribution in [1.82, 2.24) is 4.90 Å². The van der Waals surface area contributed by atoms with Gasteiger partial charge in [-0.05, 0) is 51.0 Å². The molecule has 0 aromatic rings. The third kappa shape index (κ3) is 3.04. The number of ether oxygens (including phenoxy) is 1. The van der Waals surface area contributed by atoms with Crippen LogP contribution in [0.3, 0.4) is 0 Å². The van der Waals surface area contributed by atoms with E-state index in [0.717, 1.165) is 45.3 Å². The summed E-state index contributed by atoms with van der Waals surface area (Å²) >= 11 is 0. The Bertz CT molecular complexity index is 282. The van der Waals surface area contributed by atoms with Gasteiger partial charge in [-0.1, -0.05) is 0 Å². The molecule has 0 bridgehead atoms. The number of likely N-dealkylation sites (tertiary alicyclic amines) is 1. The second kappa shape index (κ2) is 6.02. The standard InChI is InChI=1S/C14H26N2O2/c1-18-14(6-3-7-14)10-13(17)16-9-2-4-12(11-16)5-8-15/h12H,2-11,15H2,1H3. The Hall–Kier alpha value is -0.610. The molecule has 104 valence electrons. The molecule has 1 heterocycles. The van der Waals surface area contributed by atoms with Crippen molar-refractivity contribution in [3.63, 3.8) is 0 Å². The molecule has 1 saturated carbocycles. The van der Waals surface area contributed by atoms with Crippen LogP contribution < -0.4 is 5.73 Å². The van der Waals surface area contributed by atoms with E-state index in [-0.39, 0.29) is 11.5 Å². The zero-order valence-corrected chi connectivity index (χ0v) is 11.5. The highest BCUT2D eigenvalue weighted by atomic mass is 16.5. The lowest BCUT2D eigenvalue weighted by molar-refractivity contribution is -0.145. The van der Waals surface area contributed by atoms with Gasteiger partial charge in [-0.3, -0.25) is 4.79 Å². The van der Waals surface area contributed by atoms with E-state index in [1.807, 2.05) is 4.90 Å². The number of methoxy groups -OCH3 is 1. The van der Waals surface area contributed by atoms with Crippen molar-refractivity contribution >= 4 is 5.91 Å². The molecule has 0 aromatic heterocycles. The number of piperidine rings is 1. The summed E-state index contributed by atoms with van der Waals surface area (Å²) in [6.07, 6.45) is 7.21. The highest BCUT2D eigenvalue weighted by molar-refractivity contribution is 5.77. The first-order valence-electron chi connectivity index (χ1n) is 7.22. The minimum atomic E-state index is -0.141. The second-order valence-electron chi connectivity index (χ2n) is 5.84. The molecule has 2 fully saturated rings. The molecular formula is C14H26N2O2. The van der Waals surface area contributed by atoms with Crippen molar-refractivity contribution in [3.8, 4) is 0 Å². The maximum Gasteiger partial charge on any atom is 0.225 e. The molecular weight excluding hydrogens is 228 g/mol. The van der Waals surface area contributed by atoms with Crippen molar-refractivity contribution in [2.45, 2.75) is 50.5 Å². The van der Waals surface area contributed by atoms with E-state index in [0.29, 0.717) is 12.3 Å². The zero-order valence-electron chi connectivity index (χ0n) is 11.5. The van der Waals surface area contributed by atoms with E-state index in [1.54, 1.807) is 7.11 Å². The second-order valence-corrected chi connectivity index (χ2v) is 5.84. The first-order valence-corrected chi connectivity index (χ1v) is 7.22. The lowest BCUT2D eigenvalue weighted by Gasteiger charge is -2.42. The first-order chi connectivity index (χ1) is 8.69. The average Bonchev–Trinajstić information content (AvgIpc) is 2.34. The van der Waals surface area contributed by atoms with E-state index < -0.39 is 0 Å². The normalized spacial score (nSPS) is 26.8. The number of amides is 1. The van der Waals surface area contributed by atoms with Gasteiger partial charge in [0.2, 0.25) is 5.91 Å². The molecule has 2 aliphatic rings. The van der Waals surface area contributed by atoms with Gasteiger partial charge in [-0.2, -0.15) is 0 Å². The van der Waals surface area contributed by atoms with Crippen LogP contribution in [0, 0.1) is 5.92 Å². The lowest BCUT2D eigenvalue weighted by Crippen LogP contribution is -2.47. The van der Waals surface area contributed by atoms with Crippen LogP contribution in [0.25, 0.3) is 0 Å². The summed E-state index contributed by atoms with van der Waals surface area (Å²) in [4.78, 5) is 14.4. The molecule has 1 atom stereocenters. The van der Waals surface area contributed by atoms with Crippen molar-refractivity contribution in [2.24, 2.45) is 11.7 Å². The van der Waals surface area contributed by atoms with Gasteiger partial charge in [0.1, 0.15) is 0 Å². The summed E-state index contributed by atoms with van der Waals surface area (Å²) in [5.74, 6) is 0.880. The fraction of sp³-hybridized carbons (Fsp3) is 0.929. The largest absolute Gasteiger partial charge is 0.378 e. The van der Waals surface area contributed by atoms with Gasteiger partial charge < -0.3 is 15.4 Å². The molecule has 2 rings (SSSR count). The van der Waals surface area contributed by atoms with E-state index >= 15 is 0 Å². The van der Waals surface area contributed by atoms with Gasteiger partial charge in [0.15, 0.2) is 0 Å². The summed E-state index contributed by atoms with van der Waals surface area (Å²) in [6.45, 7) is 2.55. The zero-order chi connectivity index (χ0) is 13.0. The summed E-state index contributed by atoms with van der Waals surface area (Å²) < 4.78 is 5.54. The van der Waals surface area contributed by atoms with Gasteiger partial charge >= 0.3 is 0 Å². The number of carbonyl (C=O) groups excluding carboxylic acids is 1. The summed E-state index contributed by atoms with van der Waals surface area (Å²) in [5.41, 5.74) is 5.47. The molecule has 1 saturated heterocycles. The summed E-state index contributed by atoms with van der Waals surface area (Å²) in [7, 11) is 1.74. The highest BCUT2D eigenvalue weighted by Crippen LogP contribution is 2.38. The molecule has 1 aliphatic carbocycles. The van der Waals surface area contributed by atoms with Crippen LogP contribution in [-0.2, 0) is 9.53 Å². The number of rotatable bonds is 5. The quantitative estimate of drug-likeness (QED) is 0.809. The molecule has 0 spiro atoms. The Morgan fingerprint density at radius 3 is 2.78 bits per heavy atom. The Labute approximate surface area is 110 Å². The van der Waals surface area contributed by atoms with Crippen molar-refractivity contribution in [1.29, 1.82) is 0 Å². The van der Waals surface area contributed by atoms with E-state index in [4.69, 9.17) is 10.5 Å². The number of hydrogen-bond donors (Lipinski definition) is 1. The minimum Gasteiger partial charge on any atom is -0.378 e. The molecule has 0 aromatic carbocycles. The van der Waals surface area contributed by atoms with Crippen LogP contribution >= 0.6 is 0 Å². The Kier molecular flexibility index (Phi) is 4.62. The van der Waals surface area contributed by atoms with Crippen molar-refractivity contribution < 1.29 is 9.53 Å². The maximum atomic E-state index is 12.3. The fourth-order valence-corrected chi connectivity index (χ4v) is 3.17. The Morgan fingerprint density at radius 2 is 2.22 bits per heavy atom. The SMILES string of the molecule is COC1(CC(=O)N2CCCC(CCN)C2)CCC1. The van der Waals surface area contributed by atoms with Crippen LogP contribution in [0.5, 0.6) is 0 Å². The summed E-state index contributed by atoms with van der Waals surface area (Å²) in [5, 5.41) is 0. The van der Waals surface area contributed by atoms with Gasteiger partial charge in [0, 0.05) is 20.2 Å². The molecule has 18 heavy (non-hydrogen) atoms. The molecule has 4 heteroatoms. The van der Waals surface area contributed by atoms with E-state index in [1.165, 1.54) is 12.8 Å². The molecule has 1 aliphatic heterocycles. The number of nitrogens with two attached hydrogens (primary N) is 1. The number of hydrogen-bond acceptors (Lipinski definition) is 3. The van der Waals surface area contributed by atoms with Gasteiger partial charge in [-0.25, -0.2) is 0 Å². The van der Waals surface area contributed by atoms with Crippen LogP contribution in [0.1, 0.15) is 44.9 Å². The molecule has 1 unspecified atom stereocenters. The van der Waals surface area contributed by atoms with Gasteiger partial charge in [0.05, 0.1) is 12.0 Å². The molecule has 1 amide bonds. The molecule has 4 nitrogen and oxygen atoms in total. The van der Waals surface area contributed by atoms with Crippen LogP contribution in [0.2, 0.25) is 0 Å². The predicted octanol–water partition coefficient (Wildman–Crippen LogP) is 1.53. The highest BCUT2D eigenvalue weighted by Gasteiger charge is 2.40. The lowest BCUT2D eigenvalue weighted by atomic mass is 9.77. The maximum absolute atomic E-state index is 12.3. The van der Waals surface area contributed by atoms with Gasteiger partial charge in [0.25, 0.3) is 0 Å². The van der Waals surface area contributed by atoms with Crippen molar-refractivity contribution in [3.05, 3.63) is 0 Å². The summed E-state index contributed by atoms with van der Waals surface area (Å²) in [6, 6.07) is 0. The minimum absolute atomic E-state index is 0.141. The first kappa shape index (κ1) is 13.8. The fourth-order valence-electron chi connectivity index (χ4n) is 3.17. The average molecular weight is 254 g/mol. The Morgan fingerprint density at radius 1 is 1.44 bits per heavy atom. The topological polar surface area (TPSA) is 55.6 Å². The molecule has 2 N–H and O–H groups in total. The van der Waals surface area contributed by atoms with Gasteiger partial charge in [-0.15, -0.1) is 0 Å². The van der Waals surface area contributed by atoms with E-state index in [2.05, 4.69) is 0 Å². The number of carbonyl (C=O) groups is 1. The smallest absolute Gasteiger partial charge is 0.225 e. The van der Waals surface area contributed by atoms with E-state index in [9.17, 15) is 4.79 Å². The monoisotopic (exact) mass is 254 g/mol. The van der Waals surface area contributed by atoms with Crippen LogP contribution in [0.15, 0.2) is 0 Å². The van der Waals surface area contributed by atoms with Crippen molar-refractivity contribution in [2.75, 3.05) is 26.7 Å². The van der Waals surface area contributed by atoms with Crippen LogP contribution in [0.4, 0.5) is 0 Å². The predicted molar refractivity (Wildman–Crippen MR) is 71.2 cm³/mol.